The van der Waals surface area contributed by atoms with Crippen molar-refractivity contribution in [3.8, 4) is 11.4 Å². The maximum absolute atomic E-state index is 12.5. The van der Waals surface area contributed by atoms with E-state index in [1.807, 2.05) is 48.5 Å². The second kappa shape index (κ2) is 7.05. The molecule has 1 aliphatic heterocycles. The van der Waals surface area contributed by atoms with E-state index in [2.05, 4.69) is 20.5 Å². The third-order valence-corrected chi connectivity index (χ3v) is 4.37. The maximum atomic E-state index is 12.5. The van der Waals surface area contributed by atoms with Gasteiger partial charge < -0.3 is 0 Å². The van der Waals surface area contributed by atoms with Gasteiger partial charge in [0.2, 0.25) is 5.82 Å². The zero-order valence-corrected chi connectivity index (χ0v) is 14.5. The van der Waals surface area contributed by atoms with Crippen molar-refractivity contribution in [2.24, 2.45) is 5.10 Å². The minimum absolute atomic E-state index is 0.0248. The molecular formula is C18H15ClN6O. The molecule has 3 aromatic rings. The summed E-state index contributed by atoms with van der Waals surface area (Å²) in [6, 6.07) is 17.1. The molecule has 2 heterocycles. The molecule has 8 heteroatoms. The van der Waals surface area contributed by atoms with E-state index < -0.39 is 0 Å². The molecule has 0 bridgehead atoms. The number of hydrogen-bond donors (Lipinski definition) is 0. The molecule has 0 saturated carbocycles. The fourth-order valence-electron chi connectivity index (χ4n) is 2.73. The molecule has 1 amide bonds. The van der Waals surface area contributed by atoms with Gasteiger partial charge in [0.05, 0.1) is 17.3 Å². The van der Waals surface area contributed by atoms with Crippen LogP contribution in [0, 0.1) is 0 Å². The van der Waals surface area contributed by atoms with E-state index >= 15 is 0 Å². The fourth-order valence-corrected chi connectivity index (χ4v) is 2.95. The second-order valence-corrected chi connectivity index (χ2v) is 6.21. The number of hydrogen-bond acceptors (Lipinski definition) is 5. The number of carbonyl (C=O) groups excluding carboxylic acids is 1. The van der Waals surface area contributed by atoms with E-state index in [9.17, 15) is 4.79 Å². The van der Waals surface area contributed by atoms with Crippen LogP contribution in [0.25, 0.3) is 11.4 Å². The number of halogens is 1. The van der Waals surface area contributed by atoms with E-state index in [0.717, 1.165) is 17.7 Å². The van der Waals surface area contributed by atoms with Gasteiger partial charge in [0, 0.05) is 12.0 Å². The van der Waals surface area contributed by atoms with Crippen LogP contribution < -0.4 is 0 Å². The van der Waals surface area contributed by atoms with Gasteiger partial charge in [0.15, 0.2) is 0 Å². The average molecular weight is 367 g/mol. The Morgan fingerprint density at radius 3 is 2.65 bits per heavy atom. The Balaban J connectivity index is 1.46. The lowest BCUT2D eigenvalue weighted by molar-refractivity contribution is -0.131. The van der Waals surface area contributed by atoms with Crippen molar-refractivity contribution in [1.29, 1.82) is 0 Å². The molecule has 0 spiro atoms. The van der Waals surface area contributed by atoms with Gasteiger partial charge in [-0.2, -0.15) is 9.90 Å². The number of rotatable bonds is 4. The molecule has 0 atom stereocenters. The van der Waals surface area contributed by atoms with Gasteiger partial charge in [0.25, 0.3) is 5.91 Å². The quantitative estimate of drug-likeness (QED) is 0.711. The van der Waals surface area contributed by atoms with Crippen molar-refractivity contribution in [3.05, 3.63) is 65.2 Å². The first-order chi connectivity index (χ1) is 12.7. The summed E-state index contributed by atoms with van der Waals surface area (Å²) in [5.41, 5.74) is 2.61. The number of carbonyl (C=O) groups is 1. The highest BCUT2D eigenvalue weighted by molar-refractivity contribution is 6.33. The van der Waals surface area contributed by atoms with Crippen LogP contribution in [0.1, 0.15) is 12.0 Å². The lowest BCUT2D eigenvalue weighted by Gasteiger charge is -2.10. The molecule has 4 rings (SSSR count). The Bertz CT molecular complexity index is 969. The number of hydrazone groups is 1. The first kappa shape index (κ1) is 16.4. The van der Waals surface area contributed by atoms with Crippen molar-refractivity contribution < 1.29 is 4.79 Å². The van der Waals surface area contributed by atoms with Crippen LogP contribution in [0.4, 0.5) is 0 Å². The van der Waals surface area contributed by atoms with Crippen LogP contribution in [-0.2, 0) is 11.3 Å². The first-order valence-electron chi connectivity index (χ1n) is 8.17. The van der Waals surface area contributed by atoms with E-state index in [0.29, 0.717) is 23.0 Å². The molecule has 0 fully saturated rings. The molecule has 0 aliphatic carbocycles. The Labute approximate surface area is 154 Å². The Morgan fingerprint density at radius 2 is 1.85 bits per heavy atom. The smallest absolute Gasteiger partial charge is 0.266 e. The summed E-state index contributed by atoms with van der Waals surface area (Å²) in [7, 11) is 0. The average Bonchev–Trinajstić information content (AvgIpc) is 3.33. The van der Waals surface area contributed by atoms with E-state index in [1.54, 1.807) is 6.07 Å². The van der Waals surface area contributed by atoms with E-state index in [1.165, 1.54) is 9.81 Å². The van der Waals surface area contributed by atoms with Crippen LogP contribution in [0.5, 0.6) is 0 Å². The third kappa shape index (κ3) is 3.34. The predicted octanol–water partition coefficient (Wildman–Crippen LogP) is 2.63. The zero-order chi connectivity index (χ0) is 17.9. The lowest BCUT2D eigenvalue weighted by atomic mass is 10.1. The van der Waals surface area contributed by atoms with Crippen LogP contribution in [-0.4, -0.2) is 43.4 Å². The number of tetrazole rings is 1. The van der Waals surface area contributed by atoms with Gasteiger partial charge in [-0.1, -0.05) is 54.1 Å². The normalized spacial score (nSPS) is 13.7. The molecule has 1 aromatic heterocycles. The maximum Gasteiger partial charge on any atom is 0.266 e. The van der Waals surface area contributed by atoms with E-state index in [-0.39, 0.29) is 12.5 Å². The van der Waals surface area contributed by atoms with Crippen molar-refractivity contribution in [3.63, 3.8) is 0 Å². The van der Waals surface area contributed by atoms with Crippen LogP contribution in [0.15, 0.2) is 59.7 Å². The summed E-state index contributed by atoms with van der Waals surface area (Å²) in [6.45, 7) is 0.526. The third-order valence-electron chi connectivity index (χ3n) is 4.04. The largest absolute Gasteiger partial charge is 0.271 e. The summed E-state index contributed by atoms with van der Waals surface area (Å²) in [6.07, 6.45) is 0.728. The number of benzene rings is 2. The highest BCUT2D eigenvalue weighted by Crippen LogP contribution is 2.23. The van der Waals surface area contributed by atoms with E-state index in [4.69, 9.17) is 11.6 Å². The first-order valence-corrected chi connectivity index (χ1v) is 8.54. The molecule has 0 unspecified atom stereocenters. The monoisotopic (exact) mass is 366 g/mol. The summed E-state index contributed by atoms with van der Waals surface area (Å²) >= 11 is 6.14. The zero-order valence-electron chi connectivity index (χ0n) is 13.8. The summed E-state index contributed by atoms with van der Waals surface area (Å²) in [5, 5.41) is 18.6. The van der Waals surface area contributed by atoms with Crippen LogP contribution in [0.3, 0.4) is 0 Å². The number of nitrogens with zero attached hydrogens (tertiary/aromatic N) is 6. The van der Waals surface area contributed by atoms with Gasteiger partial charge in [-0.3, -0.25) is 4.79 Å². The molecule has 0 N–H and O–H groups in total. The molecule has 0 saturated heterocycles. The standard InChI is InChI=1S/C18H15ClN6O/c19-15-9-5-4-8-14(15)18-20-23-25(22-18)12-17(26)24-11-10-16(21-24)13-6-2-1-3-7-13/h1-9H,10-12H2. The topological polar surface area (TPSA) is 76.3 Å². The van der Waals surface area contributed by atoms with Crippen molar-refractivity contribution in [2.45, 2.75) is 13.0 Å². The SMILES string of the molecule is O=C(Cn1nnc(-c2ccccc2Cl)n1)N1CCC(c2ccccc2)=N1. The lowest BCUT2D eigenvalue weighted by Crippen LogP contribution is -2.28. The Kier molecular flexibility index (Phi) is 4.45. The molecule has 1 aliphatic rings. The van der Waals surface area contributed by atoms with Gasteiger partial charge in [-0.25, -0.2) is 5.01 Å². The Morgan fingerprint density at radius 1 is 1.08 bits per heavy atom. The van der Waals surface area contributed by atoms with Crippen LogP contribution in [0.2, 0.25) is 5.02 Å². The molecule has 7 nitrogen and oxygen atoms in total. The van der Waals surface area contributed by atoms with Crippen LogP contribution >= 0.6 is 11.6 Å². The van der Waals surface area contributed by atoms with Gasteiger partial charge >= 0.3 is 0 Å². The van der Waals surface area contributed by atoms with Gasteiger partial charge in [0.1, 0.15) is 6.54 Å². The van der Waals surface area contributed by atoms with Gasteiger partial charge in [-0.05, 0) is 22.9 Å². The molecular weight excluding hydrogens is 352 g/mol. The Hall–Kier alpha value is -3.06. The molecule has 130 valence electrons. The summed E-state index contributed by atoms with van der Waals surface area (Å²) in [4.78, 5) is 13.7. The fraction of sp³-hybridized carbons (Fsp3) is 0.167. The summed E-state index contributed by atoms with van der Waals surface area (Å²) < 4.78 is 0. The van der Waals surface area contributed by atoms with Crippen molar-refractivity contribution in [1.82, 2.24) is 25.2 Å². The van der Waals surface area contributed by atoms with Crippen molar-refractivity contribution >= 4 is 23.2 Å². The highest BCUT2D eigenvalue weighted by Gasteiger charge is 2.22. The van der Waals surface area contributed by atoms with Crippen molar-refractivity contribution in [2.75, 3.05) is 6.54 Å². The second-order valence-electron chi connectivity index (χ2n) is 5.80. The minimum atomic E-state index is -0.181. The molecule has 2 aromatic carbocycles. The number of amides is 1. The van der Waals surface area contributed by atoms with Gasteiger partial charge in [-0.15, -0.1) is 10.2 Å². The molecule has 0 radical (unpaired) electrons. The minimum Gasteiger partial charge on any atom is -0.271 e. The highest BCUT2D eigenvalue weighted by atomic mass is 35.5. The molecule has 26 heavy (non-hydrogen) atoms. The summed E-state index contributed by atoms with van der Waals surface area (Å²) in [5.74, 6) is 0.206. The predicted molar refractivity (Wildman–Crippen MR) is 97.6 cm³/mol. The number of aromatic nitrogens is 4.